The van der Waals surface area contributed by atoms with Crippen molar-refractivity contribution < 1.29 is 9.47 Å². The van der Waals surface area contributed by atoms with Crippen molar-refractivity contribution >= 4 is 0 Å². The van der Waals surface area contributed by atoms with Gasteiger partial charge in [-0.05, 0) is 39.8 Å². The molecular formula is C19H29N3O2. The maximum Gasteiger partial charge on any atom is 0.124 e. The molecule has 132 valence electrons. The summed E-state index contributed by atoms with van der Waals surface area (Å²) in [4.78, 5) is 0. The van der Waals surface area contributed by atoms with Gasteiger partial charge < -0.3 is 14.8 Å². The zero-order valence-corrected chi connectivity index (χ0v) is 15.5. The summed E-state index contributed by atoms with van der Waals surface area (Å²) in [7, 11) is 3.66. The number of hydrogen-bond acceptors (Lipinski definition) is 4. The van der Waals surface area contributed by atoms with Crippen LogP contribution in [0, 0.1) is 6.92 Å². The molecule has 0 aliphatic rings. The Morgan fingerprint density at radius 3 is 2.50 bits per heavy atom. The van der Waals surface area contributed by atoms with E-state index in [4.69, 9.17) is 9.47 Å². The van der Waals surface area contributed by atoms with Crippen molar-refractivity contribution in [2.45, 2.75) is 45.9 Å². The zero-order chi connectivity index (χ0) is 17.7. The van der Waals surface area contributed by atoms with Gasteiger partial charge in [-0.1, -0.05) is 18.2 Å². The number of rotatable bonds is 8. The third-order valence-corrected chi connectivity index (χ3v) is 4.11. The second-order valence-electron chi connectivity index (χ2n) is 6.38. The fourth-order valence-corrected chi connectivity index (χ4v) is 2.68. The first-order valence-corrected chi connectivity index (χ1v) is 8.44. The van der Waals surface area contributed by atoms with Gasteiger partial charge in [0.05, 0.1) is 25.0 Å². The second kappa shape index (κ2) is 8.31. The molecule has 0 aliphatic carbocycles. The van der Waals surface area contributed by atoms with Crippen LogP contribution in [-0.2, 0) is 11.8 Å². The van der Waals surface area contributed by atoms with Crippen LogP contribution in [0.5, 0.6) is 5.75 Å². The van der Waals surface area contributed by atoms with Crippen LogP contribution in [0.25, 0.3) is 0 Å². The van der Waals surface area contributed by atoms with Crippen LogP contribution in [0.3, 0.4) is 0 Å². The van der Waals surface area contributed by atoms with E-state index >= 15 is 0 Å². The van der Waals surface area contributed by atoms with E-state index in [-0.39, 0.29) is 18.2 Å². The quantitative estimate of drug-likeness (QED) is 0.803. The van der Waals surface area contributed by atoms with Gasteiger partial charge in [0.1, 0.15) is 5.75 Å². The molecule has 2 aromatic rings. The molecule has 24 heavy (non-hydrogen) atoms. The van der Waals surface area contributed by atoms with E-state index in [1.165, 1.54) is 0 Å². The highest BCUT2D eigenvalue weighted by Gasteiger charge is 2.20. The molecule has 0 amide bonds. The van der Waals surface area contributed by atoms with Gasteiger partial charge in [-0.25, -0.2) is 0 Å². The standard InChI is InChI=1S/C19H29N3O2/c1-13(2)24-19(16-9-7-8-10-18(16)23-6)12-20-15(4)17-11-14(3)22(5)21-17/h7-11,13,15,19-20H,12H2,1-6H3/t15-,19+/m0/s1. The van der Waals surface area contributed by atoms with E-state index in [1.807, 2.05) is 43.8 Å². The molecule has 0 unspecified atom stereocenters. The monoisotopic (exact) mass is 331 g/mol. The van der Waals surface area contributed by atoms with Crippen molar-refractivity contribution in [3.63, 3.8) is 0 Å². The Kier molecular flexibility index (Phi) is 6.40. The molecule has 5 heteroatoms. The van der Waals surface area contributed by atoms with Gasteiger partial charge in [0.25, 0.3) is 0 Å². The molecule has 0 radical (unpaired) electrons. The molecule has 0 fully saturated rings. The first kappa shape index (κ1) is 18.5. The van der Waals surface area contributed by atoms with Gasteiger partial charge in [0.15, 0.2) is 0 Å². The molecule has 2 atom stereocenters. The highest BCUT2D eigenvalue weighted by Crippen LogP contribution is 2.28. The molecule has 0 saturated heterocycles. The molecule has 1 heterocycles. The molecule has 0 bridgehead atoms. The molecule has 1 aromatic heterocycles. The Bertz CT molecular complexity index is 632. The van der Waals surface area contributed by atoms with Crippen molar-refractivity contribution in [1.82, 2.24) is 15.1 Å². The Balaban J connectivity index is 2.11. The summed E-state index contributed by atoms with van der Waals surface area (Å²) in [6.07, 6.45) is 0.0579. The summed E-state index contributed by atoms with van der Waals surface area (Å²) in [5, 5.41) is 8.08. The molecule has 1 N–H and O–H groups in total. The highest BCUT2D eigenvalue weighted by molar-refractivity contribution is 5.35. The van der Waals surface area contributed by atoms with Gasteiger partial charge in [-0.3, -0.25) is 4.68 Å². The number of para-hydroxylation sites is 1. The third-order valence-electron chi connectivity index (χ3n) is 4.11. The van der Waals surface area contributed by atoms with Crippen molar-refractivity contribution in [3.05, 3.63) is 47.3 Å². The number of aryl methyl sites for hydroxylation is 2. The normalized spacial score (nSPS) is 14.0. The Morgan fingerprint density at radius 2 is 1.92 bits per heavy atom. The van der Waals surface area contributed by atoms with E-state index in [9.17, 15) is 0 Å². The van der Waals surface area contributed by atoms with Crippen LogP contribution in [0.2, 0.25) is 0 Å². The van der Waals surface area contributed by atoms with Crippen LogP contribution in [0.1, 0.15) is 49.9 Å². The maximum atomic E-state index is 6.13. The number of ether oxygens (including phenoxy) is 2. The average Bonchev–Trinajstić information content (AvgIpc) is 2.90. The van der Waals surface area contributed by atoms with Crippen LogP contribution >= 0.6 is 0 Å². The summed E-state index contributed by atoms with van der Waals surface area (Å²) >= 11 is 0. The minimum atomic E-state index is -0.0755. The lowest BCUT2D eigenvalue weighted by Crippen LogP contribution is -2.28. The van der Waals surface area contributed by atoms with Crippen LogP contribution in [-0.4, -0.2) is 29.5 Å². The van der Waals surface area contributed by atoms with Crippen molar-refractivity contribution in [2.24, 2.45) is 7.05 Å². The number of nitrogens with zero attached hydrogens (tertiary/aromatic N) is 2. The van der Waals surface area contributed by atoms with Gasteiger partial charge in [0.2, 0.25) is 0 Å². The first-order valence-electron chi connectivity index (χ1n) is 8.44. The molecule has 0 aliphatic heterocycles. The minimum absolute atomic E-state index is 0.0755. The lowest BCUT2D eigenvalue weighted by molar-refractivity contribution is 0.00466. The van der Waals surface area contributed by atoms with E-state index < -0.39 is 0 Å². The third kappa shape index (κ3) is 4.58. The lowest BCUT2D eigenvalue weighted by atomic mass is 10.1. The molecule has 5 nitrogen and oxygen atoms in total. The Labute approximate surface area is 145 Å². The van der Waals surface area contributed by atoms with Crippen LogP contribution < -0.4 is 10.1 Å². The lowest BCUT2D eigenvalue weighted by Gasteiger charge is -2.24. The van der Waals surface area contributed by atoms with E-state index in [2.05, 4.69) is 36.4 Å². The largest absolute Gasteiger partial charge is 0.496 e. The van der Waals surface area contributed by atoms with Crippen LogP contribution in [0.4, 0.5) is 0 Å². The maximum absolute atomic E-state index is 6.13. The first-order chi connectivity index (χ1) is 11.4. The molecule has 1 aromatic carbocycles. The zero-order valence-electron chi connectivity index (χ0n) is 15.5. The molecule has 0 spiro atoms. The highest BCUT2D eigenvalue weighted by atomic mass is 16.5. The van der Waals surface area contributed by atoms with E-state index in [0.717, 1.165) is 22.7 Å². The van der Waals surface area contributed by atoms with E-state index in [1.54, 1.807) is 7.11 Å². The summed E-state index contributed by atoms with van der Waals surface area (Å²) in [5.74, 6) is 0.853. The summed E-state index contributed by atoms with van der Waals surface area (Å²) in [6, 6.07) is 10.3. The summed E-state index contributed by atoms with van der Waals surface area (Å²) < 4.78 is 13.5. The van der Waals surface area contributed by atoms with Gasteiger partial charge >= 0.3 is 0 Å². The number of nitrogens with one attached hydrogen (secondary N) is 1. The number of methoxy groups -OCH3 is 1. The number of hydrogen-bond donors (Lipinski definition) is 1. The predicted octanol–water partition coefficient (Wildman–Crippen LogP) is 3.55. The molecular weight excluding hydrogens is 302 g/mol. The molecule has 2 rings (SSSR count). The summed E-state index contributed by atoms with van der Waals surface area (Å²) in [5.41, 5.74) is 3.25. The smallest absolute Gasteiger partial charge is 0.124 e. The Morgan fingerprint density at radius 1 is 1.21 bits per heavy atom. The Hall–Kier alpha value is -1.85. The second-order valence-corrected chi connectivity index (χ2v) is 6.38. The summed E-state index contributed by atoms with van der Waals surface area (Å²) in [6.45, 7) is 8.97. The fraction of sp³-hybridized carbons (Fsp3) is 0.526. The minimum Gasteiger partial charge on any atom is -0.496 e. The predicted molar refractivity (Wildman–Crippen MR) is 96.3 cm³/mol. The van der Waals surface area contributed by atoms with Gasteiger partial charge in [0, 0.05) is 30.9 Å². The van der Waals surface area contributed by atoms with Gasteiger partial charge in [-0.15, -0.1) is 0 Å². The number of benzene rings is 1. The van der Waals surface area contributed by atoms with E-state index in [0.29, 0.717) is 6.54 Å². The van der Waals surface area contributed by atoms with Crippen molar-refractivity contribution in [3.8, 4) is 5.75 Å². The van der Waals surface area contributed by atoms with Crippen molar-refractivity contribution in [2.75, 3.05) is 13.7 Å². The average molecular weight is 331 g/mol. The fourth-order valence-electron chi connectivity index (χ4n) is 2.68. The topological polar surface area (TPSA) is 48.3 Å². The SMILES string of the molecule is COc1ccccc1[C@@H](CN[C@@H](C)c1cc(C)n(C)n1)OC(C)C. The van der Waals surface area contributed by atoms with Crippen LogP contribution in [0.15, 0.2) is 30.3 Å². The van der Waals surface area contributed by atoms with Crippen molar-refractivity contribution in [1.29, 1.82) is 0 Å². The van der Waals surface area contributed by atoms with Gasteiger partial charge in [-0.2, -0.15) is 5.10 Å². The molecule has 0 saturated carbocycles. The number of aromatic nitrogens is 2.